The number of hydrogen-bond acceptors (Lipinski definition) is 6. The van der Waals surface area contributed by atoms with Crippen molar-refractivity contribution in [1.82, 2.24) is 10.0 Å². The highest BCUT2D eigenvalue weighted by Crippen LogP contribution is 2.47. The zero-order valence-electron chi connectivity index (χ0n) is 18.6. The number of carbonyl (C=O) groups is 2. The van der Waals surface area contributed by atoms with Crippen LogP contribution in [0, 0.1) is 0 Å². The van der Waals surface area contributed by atoms with E-state index in [1.54, 1.807) is 13.8 Å². The smallest absolute Gasteiger partial charge is 0.432 e. The van der Waals surface area contributed by atoms with Crippen LogP contribution in [0.3, 0.4) is 0 Å². The van der Waals surface area contributed by atoms with Crippen molar-refractivity contribution in [3.63, 3.8) is 0 Å². The topological polar surface area (TPSA) is 99.5 Å². The van der Waals surface area contributed by atoms with E-state index in [1.165, 1.54) is 13.8 Å². The summed E-state index contributed by atoms with van der Waals surface area (Å²) in [6.45, 7) is 5.96. The molecule has 4 atom stereocenters. The predicted octanol–water partition coefficient (Wildman–Crippen LogP) is 3.23. The van der Waals surface area contributed by atoms with Crippen LogP contribution in [0.1, 0.15) is 38.8 Å². The van der Waals surface area contributed by atoms with Gasteiger partial charge in [0.2, 0.25) is 11.4 Å². The number of hydrazine groups is 1. The first-order valence-electron chi connectivity index (χ1n) is 10.5. The van der Waals surface area contributed by atoms with E-state index in [4.69, 9.17) is 9.47 Å². The van der Waals surface area contributed by atoms with Crippen molar-refractivity contribution >= 4 is 12.2 Å². The number of rotatable bonds is 5. The van der Waals surface area contributed by atoms with Gasteiger partial charge in [0, 0.05) is 12.8 Å². The second kappa shape index (κ2) is 7.21. The van der Waals surface area contributed by atoms with Crippen molar-refractivity contribution in [2.75, 3.05) is 0 Å². The van der Waals surface area contributed by atoms with E-state index in [0.29, 0.717) is 0 Å². The van der Waals surface area contributed by atoms with Crippen molar-refractivity contribution in [1.29, 1.82) is 0 Å². The van der Waals surface area contributed by atoms with E-state index in [1.807, 2.05) is 60.7 Å². The molecule has 0 spiro atoms. The van der Waals surface area contributed by atoms with Crippen LogP contribution >= 0.6 is 0 Å². The molecule has 2 heterocycles. The van der Waals surface area contributed by atoms with E-state index in [-0.39, 0.29) is 12.8 Å². The van der Waals surface area contributed by atoms with E-state index in [9.17, 15) is 19.8 Å². The molecule has 170 valence electrons. The van der Waals surface area contributed by atoms with Gasteiger partial charge in [-0.15, -0.1) is 0 Å². The number of hydrogen-bond donors (Lipinski definition) is 2. The Morgan fingerprint density at radius 3 is 1.28 bits per heavy atom. The van der Waals surface area contributed by atoms with Crippen molar-refractivity contribution < 1.29 is 29.3 Å². The minimum atomic E-state index is -1.96. The number of amides is 2. The zero-order chi connectivity index (χ0) is 23.4. The quantitative estimate of drug-likeness (QED) is 0.741. The average Bonchev–Trinajstić information content (AvgIpc) is 2.98. The van der Waals surface area contributed by atoms with Gasteiger partial charge in [-0.25, -0.2) is 9.59 Å². The first-order valence-corrected chi connectivity index (χ1v) is 10.5. The molecule has 0 radical (unpaired) electrons. The monoisotopic (exact) mass is 440 g/mol. The molecule has 2 saturated heterocycles. The molecule has 0 aromatic heterocycles. The summed E-state index contributed by atoms with van der Waals surface area (Å²) in [5, 5.41) is 24.5. The van der Waals surface area contributed by atoms with Crippen molar-refractivity contribution in [3.05, 3.63) is 71.8 Å². The summed E-state index contributed by atoms with van der Waals surface area (Å²) in [5.41, 5.74) is -5.01. The van der Waals surface area contributed by atoms with Crippen molar-refractivity contribution in [2.45, 2.75) is 63.2 Å². The molecule has 0 unspecified atom stereocenters. The first-order chi connectivity index (χ1) is 14.9. The largest absolute Gasteiger partial charge is 0.436 e. The molecule has 32 heavy (non-hydrogen) atoms. The number of carbonyl (C=O) groups excluding carboxylic acids is 2. The highest BCUT2D eigenvalue weighted by molar-refractivity contribution is 5.79. The van der Waals surface area contributed by atoms with E-state index >= 15 is 0 Å². The molecule has 2 aliphatic heterocycles. The van der Waals surface area contributed by atoms with Gasteiger partial charge in [-0.3, -0.25) is 0 Å². The molecule has 8 nitrogen and oxygen atoms in total. The van der Waals surface area contributed by atoms with Gasteiger partial charge < -0.3 is 19.7 Å². The fraction of sp³-hybridized carbons (Fsp3) is 0.417. The third-order valence-electron chi connectivity index (χ3n) is 6.77. The number of cyclic esters (lactones) is 2. The Bertz CT molecular complexity index is 942. The highest BCUT2D eigenvalue weighted by Gasteiger charge is 2.70. The average molecular weight is 440 g/mol. The molecule has 0 bridgehead atoms. The van der Waals surface area contributed by atoms with Crippen LogP contribution in [0.2, 0.25) is 0 Å². The van der Waals surface area contributed by atoms with Gasteiger partial charge in [0.25, 0.3) is 0 Å². The number of benzene rings is 2. The maximum Gasteiger partial charge on any atom is 0.432 e. The van der Waals surface area contributed by atoms with E-state index in [0.717, 1.165) is 21.1 Å². The Kier molecular flexibility index (Phi) is 4.98. The van der Waals surface area contributed by atoms with E-state index in [2.05, 4.69) is 0 Å². The lowest BCUT2D eigenvalue weighted by Crippen LogP contribution is -2.68. The normalized spacial score (nSPS) is 34.6. The van der Waals surface area contributed by atoms with Crippen LogP contribution in [0.15, 0.2) is 60.7 Å². The Labute approximate surface area is 186 Å². The lowest BCUT2D eigenvalue weighted by atomic mass is 9.86. The summed E-state index contributed by atoms with van der Waals surface area (Å²) >= 11 is 0. The number of ether oxygens (including phenoxy) is 2. The van der Waals surface area contributed by atoms with Crippen molar-refractivity contribution in [3.8, 4) is 0 Å². The van der Waals surface area contributed by atoms with Gasteiger partial charge in [0.1, 0.15) is 0 Å². The molecule has 2 aromatic rings. The summed E-state index contributed by atoms with van der Waals surface area (Å²) in [6.07, 6.45) is -1.49. The van der Waals surface area contributed by atoms with Gasteiger partial charge >= 0.3 is 12.2 Å². The summed E-state index contributed by atoms with van der Waals surface area (Å²) in [4.78, 5) is 25.9. The molecular weight excluding hydrogens is 412 g/mol. The van der Waals surface area contributed by atoms with Crippen LogP contribution < -0.4 is 0 Å². The molecular formula is C24H28N2O6. The minimum Gasteiger partial charge on any atom is -0.436 e. The third-order valence-corrected chi connectivity index (χ3v) is 6.77. The molecule has 2 aromatic carbocycles. The molecule has 0 aliphatic carbocycles. The summed E-state index contributed by atoms with van der Waals surface area (Å²) < 4.78 is 11.2. The summed E-state index contributed by atoms with van der Waals surface area (Å²) in [6, 6.07) is 18.5. The highest BCUT2D eigenvalue weighted by atomic mass is 16.7. The Morgan fingerprint density at radius 2 is 0.969 bits per heavy atom. The van der Waals surface area contributed by atoms with Crippen LogP contribution in [0.25, 0.3) is 0 Å². The van der Waals surface area contributed by atoms with Crippen LogP contribution in [-0.2, 0) is 22.3 Å². The molecule has 2 amide bonds. The lowest BCUT2D eigenvalue weighted by Gasteiger charge is -2.44. The van der Waals surface area contributed by atoms with Crippen molar-refractivity contribution in [2.24, 2.45) is 0 Å². The summed E-state index contributed by atoms with van der Waals surface area (Å²) in [7, 11) is 0. The maximum absolute atomic E-state index is 13.0. The minimum absolute atomic E-state index is 0.204. The molecule has 4 rings (SSSR count). The second-order valence-corrected chi connectivity index (χ2v) is 9.19. The third kappa shape index (κ3) is 3.22. The molecule has 0 saturated carbocycles. The Morgan fingerprint density at radius 1 is 0.656 bits per heavy atom. The zero-order valence-corrected chi connectivity index (χ0v) is 18.6. The second-order valence-electron chi connectivity index (χ2n) is 9.19. The number of nitrogens with zero attached hydrogens (tertiary/aromatic N) is 2. The van der Waals surface area contributed by atoms with Gasteiger partial charge in [0.15, 0.2) is 11.2 Å². The molecule has 2 fully saturated rings. The fourth-order valence-electron chi connectivity index (χ4n) is 4.40. The van der Waals surface area contributed by atoms with Gasteiger partial charge in [-0.2, -0.15) is 10.0 Å². The SMILES string of the molecule is C[C@]1(Cc2ccccc2)OC(=O)N(N2C(=O)O[C@](C)(Cc3ccccc3)[C@@]2(C)O)[C@]1(C)O. The Hall–Kier alpha value is -3.10. The van der Waals surface area contributed by atoms with Gasteiger partial charge in [-0.1, -0.05) is 60.7 Å². The van der Waals surface area contributed by atoms with Crippen LogP contribution in [0.5, 0.6) is 0 Å². The lowest BCUT2D eigenvalue weighted by molar-refractivity contribution is -0.245. The predicted molar refractivity (Wildman–Crippen MR) is 115 cm³/mol. The standard InChI is InChI=1S/C24H28N2O6/c1-21(15-17-11-7-5-8-12-17)23(3,29)25(19(27)31-21)26-20(28)32-22(2,24(26,4)30)16-18-13-9-6-10-14-18/h5-14,29-30H,15-16H2,1-4H3/t21-,22-,23-,24-/m1/s1. The fourth-order valence-corrected chi connectivity index (χ4v) is 4.40. The molecule has 2 N–H and O–H groups in total. The van der Waals surface area contributed by atoms with Crippen LogP contribution in [0.4, 0.5) is 9.59 Å². The molecule has 2 aliphatic rings. The van der Waals surface area contributed by atoms with E-state index < -0.39 is 34.8 Å². The maximum atomic E-state index is 13.0. The molecule has 8 heteroatoms. The van der Waals surface area contributed by atoms with Gasteiger partial charge in [0.05, 0.1) is 0 Å². The Balaban J connectivity index is 1.67. The van der Waals surface area contributed by atoms with Crippen LogP contribution in [-0.4, -0.2) is 55.1 Å². The number of aliphatic hydroxyl groups is 2. The summed E-state index contributed by atoms with van der Waals surface area (Å²) in [5.74, 6) is 0. The van der Waals surface area contributed by atoms with Gasteiger partial charge in [-0.05, 0) is 38.8 Å². The first kappa shape index (κ1) is 22.1.